The van der Waals surface area contributed by atoms with E-state index in [2.05, 4.69) is 4.74 Å². The molecule has 25 heavy (non-hydrogen) atoms. The Bertz CT molecular complexity index is 761. The number of carbonyl (C=O) groups excluding carboxylic acids is 1. The molecule has 0 amide bonds. The zero-order valence-electron chi connectivity index (χ0n) is 13.9. The van der Waals surface area contributed by atoms with Gasteiger partial charge in [0.05, 0.1) is 14.2 Å². The second kappa shape index (κ2) is 7.10. The number of ether oxygens (including phenoxy) is 3. The van der Waals surface area contributed by atoms with E-state index in [0.29, 0.717) is 22.6 Å². The molecule has 1 aliphatic heterocycles. The summed E-state index contributed by atoms with van der Waals surface area (Å²) in [6.07, 6.45) is -2.21. The van der Waals surface area contributed by atoms with E-state index in [-0.39, 0.29) is 6.54 Å². The number of esters is 1. The molecule has 2 unspecified atom stereocenters. The van der Waals surface area contributed by atoms with Crippen molar-refractivity contribution in [3.63, 3.8) is 0 Å². The summed E-state index contributed by atoms with van der Waals surface area (Å²) < 4.78 is 15.5. The van der Waals surface area contributed by atoms with Gasteiger partial charge in [-0.25, -0.2) is 4.90 Å². The van der Waals surface area contributed by atoms with Crippen LogP contribution in [0.3, 0.4) is 0 Å². The molecule has 0 saturated carbocycles. The summed E-state index contributed by atoms with van der Waals surface area (Å²) in [5.74, 6) is 1.30. The number of aliphatic hydroxyl groups excluding tert-OH is 2. The highest BCUT2D eigenvalue weighted by molar-refractivity contribution is 5.71. The van der Waals surface area contributed by atoms with Gasteiger partial charge in [0.25, 0.3) is 0 Å². The maximum Gasteiger partial charge on any atom is 0.320 e. The first-order valence-electron chi connectivity index (χ1n) is 7.68. The second-order valence-electron chi connectivity index (χ2n) is 5.56. The summed E-state index contributed by atoms with van der Waals surface area (Å²) >= 11 is 0. The summed E-state index contributed by atoms with van der Waals surface area (Å²) in [6, 6.07) is 12.1. The van der Waals surface area contributed by atoms with Gasteiger partial charge < -0.3 is 24.4 Å². The molecule has 0 aliphatic carbocycles. The number of aliphatic hydroxyl groups is 2. The Hall–Kier alpha value is -2.61. The van der Waals surface area contributed by atoms with Crippen molar-refractivity contribution in [2.45, 2.75) is 12.5 Å². The van der Waals surface area contributed by atoms with Gasteiger partial charge in [0.2, 0.25) is 0 Å². The van der Waals surface area contributed by atoms with Gasteiger partial charge in [-0.3, -0.25) is 4.79 Å². The molecule has 0 spiro atoms. The predicted octanol–water partition coefficient (Wildman–Crippen LogP) is 1.96. The monoisotopic (exact) mass is 345 g/mol. The van der Waals surface area contributed by atoms with Crippen molar-refractivity contribution >= 4 is 5.97 Å². The fourth-order valence-corrected chi connectivity index (χ4v) is 2.73. The van der Waals surface area contributed by atoms with Gasteiger partial charge in [0, 0.05) is 11.1 Å². The summed E-state index contributed by atoms with van der Waals surface area (Å²) in [4.78, 5) is 12.7. The molecule has 1 heterocycles. The molecule has 0 fully saturated rings. The highest BCUT2D eigenvalue weighted by Gasteiger charge is 2.37. The summed E-state index contributed by atoms with van der Waals surface area (Å²) in [5, 5.41) is 20.7. The van der Waals surface area contributed by atoms with Crippen LogP contribution in [0.2, 0.25) is 0 Å². The van der Waals surface area contributed by atoms with Crippen LogP contribution in [0.1, 0.15) is 23.6 Å². The van der Waals surface area contributed by atoms with Crippen molar-refractivity contribution in [1.29, 1.82) is 0 Å². The molecule has 2 aromatic carbocycles. The van der Waals surface area contributed by atoms with Gasteiger partial charge >= 0.3 is 5.97 Å². The van der Waals surface area contributed by atoms with Gasteiger partial charge in [0.1, 0.15) is 36.2 Å². The zero-order chi connectivity index (χ0) is 18.0. The average Bonchev–Trinajstić information content (AvgIpc) is 2.87. The zero-order valence-corrected chi connectivity index (χ0v) is 13.9. The van der Waals surface area contributed by atoms with Crippen LogP contribution >= 0.6 is 0 Å². The number of fused-ring (bicyclic) bond motifs is 1. The fraction of sp³-hybridized carbons (Fsp3) is 0.278. The maximum atomic E-state index is 11.4. The Morgan fingerprint density at radius 2 is 1.56 bits per heavy atom. The molecule has 2 N–H and O–H groups in total. The molecular weight excluding hydrogens is 326 g/mol. The van der Waals surface area contributed by atoms with Gasteiger partial charge in [-0.1, -0.05) is 6.07 Å². The van der Waals surface area contributed by atoms with Crippen LogP contribution < -0.4 is 9.47 Å². The molecule has 132 valence electrons. The SMILES string of the molecule is COC(=O)CN1C(O)c2ccc(Oc3ccc(OC)cc3)cc2C1O. The third-order valence-electron chi connectivity index (χ3n) is 4.08. The second-order valence-corrected chi connectivity index (χ2v) is 5.56. The molecular formula is C18H19NO6. The van der Waals surface area contributed by atoms with Gasteiger partial charge in [-0.05, 0) is 36.4 Å². The lowest BCUT2D eigenvalue weighted by Gasteiger charge is -2.22. The van der Waals surface area contributed by atoms with Gasteiger partial charge in [-0.2, -0.15) is 0 Å². The van der Waals surface area contributed by atoms with Crippen LogP contribution in [0, 0.1) is 0 Å². The van der Waals surface area contributed by atoms with Crippen LogP contribution in [0.4, 0.5) is 0 Å². The first-order valence-corrected chi connectivity index (χ1v) is 7.68. The lowest BCUT2D eigenvalue weighted by Crippen LogP contribution is -2.32. The van der Waals surface area contributed by atoms with E-state index < -0.39 is 18.4 Å². The fourth-order valence-electron chi connectivity index (χ4n) is 2.73. The highest BCUT2D eigenvalue weighted by Crippen LogP contribution is 2.41. The Morgan fingerprint density at radius 1 is 0.960 bits per heavy atom. The van der Waals surface area contributed by atoms with Crippen molar-refractivity contribution in [3.8, 4) is 17.2 Å². The first-order chi connectivity index (χ1) is 12.0. The Morgan fingerprint density at radius 3 is 2.20 bits per heavy atom. The number of benzene rings is 2. The minimum Gasteiger partial charge on any atom is -0.497 e. The Labute approximate surface area is 145 Å². The molecule has 0 saturated heterocycles. The summed E-state index contributed by atoms with van der Waals surface area (Å²) in [7, 11) is 2.84. The van der Waals surface area contributed by atoms with Gasteiger partial charge in [-0.15, -0.1) is 0 Å². The van der Waals surface area contributed by atoms with Crippen molar-refractivity contribution in [3.05, 3.63) is 53.6 Å². The maximum absolute atomic E-state index is 11.4. The lowest BCUT2D eigenvalue weighted by atomic mass is 10.1. The predicted molar refractivity (Wildman–Crippen MR) is 88.2 cm³/mol. The molecule has 0 aromatic heterocycles. The molecule has 3 rings (SSSR count). The Balaban J connectivity index is 1.80. The third kappa shape index (κ3) is 3.43. The van der Waals surface area contributed by atoms with E-state index in [1.54, 1.807) is 49.6 Å². The minimum absolute atomic E-state index is 0.220. The molecule has 7 heteroatoms. The van der Waals surface area contributed by atoms with Crippen molar-refractivity contribution in [1.82, 2.24) is 4.90 Å². The number of hydrogen-bond donors (Lipinski definition) is 2. The topological polar surface area (TPSA) is 88.5 Å². The van der Waals surface area contributed by atoms with Crippen LogP contribution in [-0.4, -0.2) is 41.8 Å². The first kappa shape index (κ1) is 17.2. The van der Waals surface area contributed by atoms with E-state index in [1.807, 2.05) is 0 Å². The molecule has 2 aromatic rings. The smallest absolute Gasteiger partial charge is 0.320 e. The van der Waals surface area contributed by atoms with E-state index in [0.717, 1.165) is 5.75 Å². The number of rotatable bonds is 5. The average molecular weight is 345 g/mol. The Kier molecular flexibility index (Phi) is 4.89. The van der Waals surface area contributed by atoms with Gasteiger partial charge in [0.15, 0.2) is 0 Å². The highest BCUT2D eigenvalue weighted by atomic mass is 16.5. The standard InChI is InChI=1S/C18H19NO6/c1-23-11-3-5-12(6-4-11)25-13-7-8-14-15(9-13)18(22)19(17(14)21)10-16(20)24-2/h3-9,17-18,21-22H,10H2,1-2H3. The number of carbonyl (C=O) groups is 1. The number of methoxy groups -OCH3 is 2. The van der Waals surface area contributed by atoms with E-state index in [4.69, 9.17) is 9.47 Å². The largest absolute Gasteiger partial charge is 0.497 e. The minimum atomic E-state index is -1.12. The van der Waals surface area contributed by atoms with Crippen molar-refractivity contribution < 1.29 is 29.2 Å². The van der Waals surface area contributed by atoms with Crippen molar-refractivity contribution in [2.75, 3.05) is 20.8 Å². The van der Waals surface area contributed by atoms with Crippen LogP contribution in [0.15, 0.2) is 42.5 Å². The molecule has 0 bridgehead atoms. The molecule has 0 radical (unpaired) electrons. The van der Waals surface area contributed by atoms with Crippen LogP contribution in [0.5, 0.6) is 17.2 Å². The van der Waals surface area contributed by atoms with Crippen LogP contribution in [-0.2, 0) is 9.53 Å². The van der Waals surface area contributed by atoms with E-state index >= 15 is 0 Å². The molecule has 1 aliphatic rings. The summed E-state index contributed by atoms with van der Waals surface area (Å²) in [5.41, 5.74) is 1.01. The van der Waals surface area contributed by atoms with E-state index in [1.165, 1.54) is 12.0 Å². The lowest BCUT2D eigenvalue weighted by molar-refractivity contribution is -0.152. The van der Waals surface area contributed by atoms with Crippen molar-refractivity contribution in [2.24, 2.45) is 0 Å². The third-order valence-corrected chi connectivity index (χ3v) is 4.08. The number of nitrogens with zero attached hydrogens (tertiary/aromatic N) is 1. The normalized spacial score (nSPS) is 19.4. The molecule has 2 atom stereocenters. The number of hydrogen-bond acceptors (Lipinski definition) is 7. The van der Waals surface area contributed by atoms with E-state index in [9.17, 15) is 15.0 Å². The molecule has 7 nitrogen and oxygen atoms in total. The van der Waals surface area contributed by atoms with Crippen LogP contribution in [0.25, 0.3) is 0 Å². The summed E-state index contributed by atoms with van der Waals surface area (Å²) in [6.45, 7) is -0.220. The quantitative estimate of drug-likeness (QED) is 0.801.